The molecule has 0 aromatic heterocycles. The summed E-state index contributed by atoms with van der Waals surface area (Å²) in [4.78, 5) is 1.23. The summed E-state index contributed by atoms with van der Waals surface area (Å²) in [5.74, 6) is -1.73. The van der Waals surface area contributed by atoms with Crippen molar-refractivity contribution in [3.8, 4) is 0 Å². The average molecular weight is 270 g/mol. The van der Waals surface area contributed by atoms with Crippen LogP contribution in [0.3, 0.4) is 0 Å². The number of nitrogens with zero attached hydrogens (tertiary/aromatic N) is 1. The second kappa shape index (κ2) is 5.97. The first-order chi connectivity index (χ1) is 7.80. The molecule has 0 spiro atoms. The Labute approximate surface area is 104 Å². The van der Waals surface area contributed by atoms with Crippen LogP contribution < -0.4 is 5.73 Å². The fraction of sp³-hybridized carbons (Fsp3) is 0.900. The molecule has 0 radical (unpaired) electrons. The van der Waals surface area contributed by atoms with Gasteiger partial charge in [0.1, 0.15) is 5.92 Å². The van der Waals surface area contributed by atoms with E-state index < -0.39 is 17.1 Å². The van der Waals surface area contributed by atoms with Crippen LogP contribution in [0.5, 0.6) is 0 Å². The summed E-state index contributed by atoms with van der Waals surface area (Å²) in [7, 11) is 0. The zero-order valence-electron chi connectivity index (χ0n) is 9.67. The van der Waals surface area contributed by atoms with Crippen molar-refractivity contribution < 1.29 is 17.9 Å². The molecule has 2 unspecified atom stereocenters. The minimum Gasteiger partial charge on any atom is -0.393 e. The van der Waals surface area contributed by atoms with E-state index in [0.29, 0.717) is 19.7 Å². The Kier molecular flexibility index (Phi) is 5.15. The van der Waals surface area contributed by atoms with Gasteiger partial charge in [-0.1, -0.05) is 12.2 Å². The molecule has 0 aromatic rings. The number of thiocarbonyl (C=S) groups is 1. The molecule has 0 bridgehead atoms. The predicted molar refractivity (Wildman–Crippen MR) is 62.8 cm³/mol. The highest BCUT2D eigenvalue weighted by molar-refractivity contribution is 7.80. The lowest BCUT2D eigenvalue weighted by Crippen LogP contribution is -2.45. The van der Waals surface area contributed by atoms with Gasteiger partial charge in [-0.25, -0.2) is 0 Å². The topological polar surface area (TPSA) is 38.5 Å². The number of ether oxygens (including phenoxy) is 1. The summed E-state index contributed by atoms with van der Waals surface area (Å²) in [6.45, 7) is 3.32. The molecule has 7 heteroatoms. The Morgan fingerprint density at radius 3 is 2.76 bits per heavy atom. The molecular formula is C10H17F3N2OS. The van der Waals surface area contributed by atoms with Crippen LogP contribution >= 0.6 is 12.2 Å². The van der Waals surface area contributed by atoms with Crippen LogP contribution in [0.25, 0.3) is 0 Å². The molecule has 1 heterocycles. The molecule has 0 saturated carbocycles. The molecule has 3 nitrogen and oxygen atoms in total. The van der Waals surface area contributed by atoms with Crippen LogP contribution in [-0.2, 0) is 4.74 Å². The first kappa shape index (κ1) is 14.7. The molecule has 1 aliphatic rings. The first-order valence-corrected chi connectivity index (χ1v) is 5.91. The summed E-state index contributed by atoms with van der Waals surface area (Å²) < 4.78 is 43.5. The van der Waals surface area contributed by atoms with Crippen molar-refractivity contribution in [2.75, 3.05) is 26.2 Å². The molecule has 0 aliphatic carbocycles. The maximum absolute atomic E-state index is 12.7. The van der Waals surface area contributed by atoms with Gasteiger partial charge >= 0.3 is 6.18 Å². The molecule has 1 aliphatic heterocycles. The number of hydrogen-bond donors (Lipinski definition) is 1. The highest BCUT2D eigenvalue weighted by Gasteiger charge is 2.42. The van der Waals surface area contributed by atoms with Gasteiger partial charge in [-0.2, -0.15) is 13.2 Å². The van der Waals surface area contributed by atoms with Gasteiger partial charge in [0.2, 0.25) is 0 Å². The van der Waals surface area contributed by atoms with Crippen LogP contribution in [0, 0.1) is 5.92 Å². The van der Waals surface area contributed by atoms with E-state index in [-0.39, 0.29) is 12.6 Å². The monoisotopic (exact) mass is 270 g/mol. The molecule has 17 heavy (non-hydrogen) atoms. The SMILES string of the molecule is CC1CN(CC(C(N)=S)C(F)(F)F)CCCO1. The molecular weight excluding hydrogens is 253 g/mol. The van der Waals surface area contributed by atoms with Gasteiger partial charge in [0.05, 0.1) is 11.1 Å². The van der Waals surface area contributed by atoms with E-state index in [1.54, 1.807) is 4.90 Å². The first-order valence-electron chi connectivity index (χ1n) is 5.50. The number of hydrogen-bond acceptors (Lipinski definition) is 3. The average Bonchev–Trinajstić information content (AvgIpc) is 2.36. The molecule has 1 fully saturated rings. The summed E-state index contributed by atoms with van der Waals surface area (Å²) in [5, 5.41) is 0. The molecule has 0 amide bonds. The smallest absolute Gasteiger partial charge is 0.393 e. The lowest BCUT2D eigenvalue weighted by molar-refractivity contribution is -0.159. The van der Waals surface area contributed by atoms with E-state index in [4.69, 9.17) is 10.5 Å². The molecule has 100 valence electrons. The maximum atomic E-state index is 12.7. The lowest BCUT2D eigenvalue weighted by atomic mass is 10.1. The van der Waals surface area contributed by atoms with Gasteiger partial charge < -0.3 is 10.5 Å². The molecule has 1 rings (SSSR count). The van der Waals surface area contributed by atoms with Crippen LogP contribution in [0.2, 0.25) is 0 Å². The predicted octanol–water partition coefficient (Wildman–Crippen LogP) is 1.56. The zero-order valence-corrected chi connectivity index (χ0v) is 10.5. The minimum atomic E-state index is -4.37. The minimum absolute atomic E-state index is 0.0577. The van der Waals surface area contributed by atoms with Gasteiger partial charge in [-0.05, 0) is 13.3 Å². The van der Waals surface area contributed by atoms with Crippen LogP contribution in [0.15, 0.2) is 0 Å². The lowest BCUT2D eigenvalue weighted by Gasteiger charge is -2.27. The summed E-state index contributed by atoms with van der Waals surface area (Å²) in [5.41, 5.74) is 5.17. The quantitative estimate of drug-likeness (QED) is 0.790. The second-order valence-electron chi connectivity index (χ2n) is 4.29. The van der Waals surface area contributed by atoms with E-state index in [0.717, 1.165) is 6.42 Å². The van der Waals surface area contributed by atoms with Crippen LogP contribution in [0.1, 0.15) is 13.3 Å². The fourth-order valence-corrected chi connectivity index (χ4v) is 2.07. The molecule has 2 atom stereocenters. The van der Waals surface area contributed by atoms with Crippen molar-refractivity contribution in [1.82, 2.24) is 4.90 Å². The van der Waals surface area contributed by atoms with Crippen molar-refractivity contribution in [2.24, 2.45) is 11.7 Å². The Bertz CT molecular complexity index is 273. The van der Waals surface area contributed by atoms with E-state index >= 15 is 0 Å². The molecule has 0 aromatic carbocycles. The van der Waals surface area contributed by atoms with Gasteiger partial charge in [0.15, 0.2) is 0 Å². The largest absolute Gasteiger partial charge is 0.399 e. The Hall–Kier alpha value is -0.400. The van der Waals surface area contributed by atoms with Crippen LogP contribution in [0.4, 0.5) is 13.2 Å². The second-order valence-corrected chi connectivity index (χ2v) is 4.76. The zero-order chi connectivity index (χ0) is 13.1. The number of nitrogens with two attached hydrogens (primary N) is 1. The normalized spacial score (nSPS) is 25.3. The van der Waals surface area contributed by atoms with Crippen molar-refractivity contribution in [1.29, 1.82) is 0 Å². The van der Waals surface area contributed by atoms with Crippen molar-refractivity contribution in [3.05, 3.63) is 0 Å². The Balaban J connectivity index is 2.63. The number of halogens is 3. The standard InChI is InChI=1S/C10H17F3N2OS/c1-7-5-15(3-2-4-16-7)6-8(9(14)17)10(11,12)13/h7-8H,2-6H2,1H3,(H2,14,17). The summed E-state index contributed by atoms with van der Waals surface area (Å²) >= 11 is 4.50. The van der Waals surface area contributed by atoms with Gasteiger partial charge in [0, 0.05) is 26.2 Å². The third-order valence-electron chi connectivity index (χ3n) is 2.72. The van der Waals surface area contributed by atoms with E-state index in [2.05, 4.69) is 12.2 Å². The summed E-state index contributed by atoms with van der Waals surface area (Å²) in [6, 6.07) is 0. The van der Waals surface area contributed by atoms with E-state index in [1.807, 2.05) is 6.92 Å². The number of rotatable bonds is 3. The summed E-state index contributed by atoms with van der Waals surface area (Å²) in [6.07, 6.45) is -3.70. The Morgan fingerprint density at radius 2 is 2.24 bits per heavy atom. The van der Waals surface area contributed by atoms with Crippen molar-refractivity contribution >= 4 is 17.2 Å². The van der Waals surface area contributed by atoms with Crippen LogP contribution in [-0.4, -0.2) is 48.4 Å². The highest BCUT2D eigenvalue weighted by atomic mass is 32.1. The Morgan fingerprint density at radius 1 is 1.59 bits per heavy atom. The van der Waals surface area contributed by atoms with Gasteiger partial charge in [-0.15, -0.1) is 0 Å². The fourth-order valence-electron chi connectivity index (χ4n) is 1.86. The van der Waals surface area contributed by atoms with Gasteiger partial charge in [-0.3, -0.25) is 4.90 Å². The molecule has 1 saturated heterocycles. The van der Waals surface area contributed by atoms with E-state index in [9.17, 15) is 13.2 Å². The van der Waals surface area contributed by atoms with E-state index in [1.165, 1.54) is 0 Å². The number of alkyl halides is 3. The van der Waals surface area contributed by atoms with Crippen molar-refractivity contribution in [2.45, 2.75) is 25.6 Å². The highest BCUT2D eigenvalue weighted by Crippen LogP contribution is 2.27. The maximum Gasteiger partial charge on any atom is 0.399 e. The third kappa shape index (κ3) is 4.77. The van der Waals surface area contributed by atoms with Crippen molar-refractivity contribution in [3.63, 3.8) is 0 Å². The van der Waals surface area contributed by atoms with Gasteiger partial charge in [0.25, 0.3) is 0 Å². The third-order valence-corrected chi connectivity index (χ3v) is 3.00. The molecule has 2 N–H and O–H groups in total.